The summed E-state index contributed by atoms with van der Waals surface area (Å²) >= 11 is 3.47. The molecule has 0 spiro atoms. The molecular formula is C12H15IN2O3S. The van der Waals surface area contributed by atoms with Crippen LogP contribution in [-0.4, -0.2) is 36.5 Å². The Hall–Kier alpha value is -0.800. The van der Waals surface area contributed by atoms with E-state index in [-0.39, 0.29) is 11.7 Å². The molecule has 0 saturated carbocycles. The van der Waals surface area contributed by atoms with Crippen molar-refractivity contribution in [1.29, 1.82) is 0 Å². The zero-order valence-corrected chi connectivity index (χ0v) is 13.4. The largest absolute Gasteiger partial charge is 0.468 e. The molecule has 19 heavy (non-hydrogen) atoms. The van der Waals surface area contributed by atoms with E-state index in [1.807, 2.05) is 24.3 Å². The molecule has 3 N–H and O–H groups in total. The Morgan fingerprint density at radius 1 is 1.53 bits per heavy atom. The van der Waals surface area contributed by atoms with Crippen molar-refractivity contribution < 1.29 is 14.3 Å². The third kappa shape index (κ3) is 6.26. The van der Waals surface area contributed by atoms with Gasteiger partial charge in [0.1, 0.15) is 6.04 Å². The van der Waals surface area contributed by atoms with Gasteiger partial charge in [0, 0.05) is 15.0 Å². The van der Waals surface area contributed by atoms with Crippen molar-refractivity contribution in [3.8, 4) is 0 Å². The monoisotopic (exact) mass is 394 g/mol. The summed E-state index contributed by atoms with van der Waals surface area (Å²) in [7, 11) is 1.29. The molecule has 0 aliphatic carbocycles. The highest BCUT2D eigenvalue weighted by atomic mass is 127. The second-order valence-electron chi connectivity index (χ2n) is 3.70. The Bertz CT molecular complexity index is 456. The molecule has 1 atom stereocenters. The maximum atomic E-state index is 11.7. The molecule has 1 unspecified atom stereocenters. The minimum absolute atomic E-state index is 0.121. The van der Waals surface area contributed by atoms with E-state index in [4.69, 9.17) is 5.73 Å². The van der Waals surface area contributed by atoms with Crippen molar-refractivity contribution in [3.05, 3.63) is 27.8 Å². The maximum Gasteiger partial charge on any atom is 0.323 e. The highest BCUT2D eigenvalue weighted by Crippen LogP contribution is 2.13. The number of nitrogens with two attached hydrogens (primary N) is 1. The number of halogens is 1. The normalized spacial score (nSPS) is 11.7. The minimum Gasteiger partial charge on any atom is -0.468 e. The van der Waals surface area contributed by atoms with Gasteiger partial charge < -0.3 is 15.8 Å². The number of anilines is 1. The quantitative estimate of drug-likeness (QED) is 0.564. The fraction of sp³-hybridized carbons (Fsp3) is 0.333. The first-order chi connectivity index (χ1) is 9.02. The van der Waals surface area contributed by atoms with Crippen LogP contribution in [0.25, 0.3) is 0 Å². The minimum atomic E-state index is -0.694. The number of carbonyl (C=O) groups is 2. The Balaban J connectivity index is 2.30. The first-order valence-electron chi connectivity index (χ1n) is 5.49. The first kappa shape index (κ1) is 16.3. The zero-order valence-electron chi connectivity index (χ0n) is 10.4. The number of hydrogen-bond donors (Lipinski definition) is 2. The van der Waals surface area contributed by atoms with E-state index >= 15 is 0 Å². The molecule has 0 aliphatic rings. The fourth-order valence-electron chi connectivity index (χ4n) is 1.26. The Labute approximate surface area is 129 Å². The van der Waals surface area contributed by atoms with Gasteiger partial charge in [0.15, 0.2) is 0 Å². The van der Waals surface area contributed by atoms with Gasteiger partial charge in [0.2, 0.25) is 5.91 Å². The molecule has 1 amide bonds. The molecule has 1 aromatic rings. The number of hydrogen-bond acceptors (Lipinski definition) is 5. The molecule has 0 saturated heterocycles. The first-order valence-corrected chi connectivity index (χ1v) is 7.73. The lowest BCUT2D eigenvalue weighted by Gasteiger charge is -2.09. The SMILES string of the molecule is COC(=O)C(N)CSCC(=O)Nc1cccc(I)c1. The van der Waals surface area contributed by atoms with Gasteiger partial charge in [0.05, 0.1) is 12.9 Å². The summed E-state index contributed by atoms with van der Waals surface area (Å²) in [5.41, 5.74) is 6.32. The number of thioether (sulfide) groups is 1. The standard InChI is InChI=1S/C12H15IN2O3S/c1-18-12(17)10(14)6-19-7-11(16)15-9-4-2-3-8(13)5-9/h2-5,10H,6-7,14H2,1H3,(H,15,16). The Morgan fingerprint density at radius 3 is 2.89 bits per heavy atom. The summed E-state index contributed by atoms with van der Waals surface area (Å²) in [6.45, 7) is 0. The van der Waals surface area contributed by atoms with Crippen LogP contribution in [0.3, 0.4) is 0 Å². The van der Waals surface area contributed by atoms with Crippen LogP contribution >= 0.6 is 34.4 Å². The Kier molecular flexibility index (Phi) is 7.17. The van der Waals surface area contributed by atoms with Crippen LogP contribution in [0.15, 0.2) is 24.3 Å². The molecule has 0 fully saturated rings. The number of esters is 1. The summed E-state index contributed by atoms with van der Waals surface area (Å²) in [5.74, 6) is 0.0114. The number of amides is 1. The predicted octanol–water partition coefficient (Wildman–Crippen LogP) is 1.46. The topological polar surface area (TPSA) is 81.4 Å². The van der Waals surface area contributed by atoms with Crippen LogP contribution in [0.4, 0.5) is 5.69 Å². The van der Waals surface area contributed by atoms with Gasteiger partial charge >= 0.3 is 5.97 Å². The van der Waals surface area contributed by atoms with Crippen LogP contribution in [-0.2, 0) is 14.3 Å². The summed E-state index contributed by atoms with van der Waals surface area (Å²) in [5, 5.41) is 2.78. The predicted molar refractivity (Wildman–Crippen MR) is 85.1 cm³/mol. The third-order valence-corrected chi connectivity index (χ3v) is 3.87. The molecule has 0 heterocycles. The number of rotatable bonds is 6. The van der Waals surface area contributed by atoms with Crippen LogP contribution < -0.4 is 11.1 Å². The van der Waals surface area contributed by atoms with E-state index in [0.29, 0.717) is 5.75 Å². The average molecular weight is 394 g/mol. The maximum absolute atomic E-state index is 11.7. The molecule has 5 nitrogen and oxygen atoms in total. The molecule has 0 radical (unpaired) electrons. The van der Waals surface area contributed by atoms with E-state index in [1.54, 1.807) is 0 Å². The number of ether oxygens (including phenoxy) is 1. The molecule has 1 rings (SSSR count). The lowest BCUT2D eigenvalue weighted by atomic mass is 10.3. The molecule has 0 bridgehead atoms. The second kappa shape index (κ2) is 8.39. The molecule has 104 valence electrons. The Morgan fingerprint density at radius 2 is 2.26 bits per heavy atom. The van der Waals surface area contributed by atoms with Crippen molar-refractivity contribution >= 4 is 51.9 Å². The van der Waals surface area contributed by atoms with Crippen molar-refractivity contribution in [3.63, 3.8) is 0 Å². The van der Waals surface area contributed by atoms with Crippen LogP contribution in [0.1, 0.15) is 0 Å². The zero-order chi connectivity index (χ0) is 14.3. The second-order valence-corrected chi connectivity index (χ2v) is 5.98. The summed E-state index contributed by atoms with van der Waals surface area (Å²) in [6.07, 6.45) is 0. The van der Waals surface area contributed by atoms with Gasteiger partial charge in [-0.25, -0.2) is 0 Å². The van der Waals surface area contributed by atoms with E-state index < -0.39 is 12.0 Å². The van der Waals surface area contributed by atoms with E-state index in [1.165, 1.54) is 18.9 Å². The number of nitrogens with one attached hydrogen (secondary N) is 1. The van der Waals surface area contributed by atoms with Crippen molar-refractivity contribution in [2.75, 3.05) is 23.9 Å². The van der Waals surface area contributed by atoms with Crippen molar-refractivity contribution in [1.82, 2.24) is 0 Å². The lowest BCUT2D eigenvalue weighted by Crippen LogP contribution is -2.34. The highest BCUT2D eigenvalue weighted by molar-refractivity contribution is 14.1. The van der Waals surface area contributed by atoms with Gasteiger partial charge in [-0.3, -0.25) is 9.59 Å². The van der Waals surface area contributed by atoms with Gasteiger partial charge in [-0.05, 0) is 40.8 Å². The molecule has 7 heteroatoms. The van der Waals surface area contributed by atoms with Crippen molar-refractivity contribution in [2.24, 2.45) is 5.73 Å². The van der Waals surface area contributed by atoms with E-state index in [9.17, 15) is 9.59 Å². The van der Waals surface area contributed by atoms with Gasteiger partial charge in [-0.2, -0.15) is 0 Å². The van der Waals surface area contributed by atoms with E-state index in [0.717, 1.165) is 9.26 Å². The lowest BCUT2D eigenvalue weighted by molar-refractivity contribution is -0.141. The summed E-state index contributed by atoms with van der Waals surface area (Å²) < 4.78 is 5.55. The average Bonchev–Trinajstić information content (AvgIpc) is 2.37. The smallest absolute Gasteiger partial charge is 0.323 e. The number of benzene rings is 1. The summed E-state index contributed by atoms with van der Waals surface area (Å²) in [6, 6.07) is 6.83. The third-order valence-electron chi connectivity index (χ3n) is 2.14. The molecule has 0 aromatic heterocycles. The fourth-order valence-corrected chi connectivity index (χ4v) is 2.57. The molecular weight excluding hydrogens is 379 g/mol. The van der Waals surface area contributed by atoms with Gasteiger partial charge in [-0.15, -0.1) is 11.8 Å². The van der Waals surface area contributed by atoms with Crippen LogP contribution in [0, 0.1) is 3.57 Å². The van der Waals surface area contributed by atoms with Crippen LogP contribution in [0.5, 0.6) is 0 Å². The van der Waals surface area contributed by atoms with Crippen molar-refractivity contribution in [2.45, 2.75) is 6.04 Å². The number of carbonyl (C=O) groups excluding carboxylic acids is 2. The number of methoxy groups -OCH3 is 1. The van der Waals surface area contributed by atoms with Gasteiger partial charge in [0.25, 0.3) is 0 Å². The molecule has 1 aromatic carbocycles. The molecule has 0 aliphatic heterocycles. The van der Waals surface area contributed by atoms with Crippen LogP contribution in [0.2, 0.25) is 0 Å². The van der Waals surface area contributed by atoms with Gasteiger partial charge in [-0.1, -0.05) is 6.07 Å². The van der Waals surface area contributed by atoms with E-state index in [2.05, 4.69) is 32.6 Å². The highest BCUT2D eigenvalue weighted by Gasteiger charge is 2.14. The summed E-state index contributed by atoms with van der Waals surface area (Å²) in [4.78, 5) is 22.7.